The Hall–Kier alpha value is -1.45. The van der Waals surface area contributed by atoms with Gasteiger partial charge in [-0.1, -0.05) is 19.1 Å². The molecule has 0 bridgehead atoms. The normalized spacial score (nSPS) is 14.7. The van der Waals surface area contributed by atoms with Crippen LogP contribution in [0.5, 0.6) is 0 Å². The summed E-state index contributed by atoms with van der Waals surface area (Å²) in [6.07, 6.45) is 7.70. The lowest BCUT2D eigenvalue weighted by molar-refractivity contribution is -0.147. The molecule has 0 N–H and O–H groups in total. The lowest BCUT2D eigenvalue weighted by Crippen LogP contribution is -2.36. The molecule has 0 aliphatic carbocycles. The number of ether oxygens (including phenoxy) is 3. The molecule has 0 radical (unpaired) electrons. The zero-order chi connectivity index (χ0) is 13.9. The van der Waals surface area contributed by atoms with Crippen LogP contribution in [0.25, 0.3) is 0 Å². The summed E-state index contributed by atoms with van der Waals surface area (Å²) in [7, 11) is 0. The highest BCUT2D eigenvalue weighted by molar-refractivity contribution is 5.65. The van der Waals surface area contributed by atoms with Crippen LogP contribution in [0.2, 0.25) is 0 Å². The number of hydrogen-bond donors (Lipinski definition) is 0. The Morgan fingerprint density at radius 3 is 1.89 bits per heavy atom. The van der Waals surface area contributed by atoms with Gasteiger partial charge in [0, 0.05) is 6.92 Å². The van der Waals surface area contributed by atoms with Crippen LogP contribution in [0.1, 0.15) is 34.1 Å². The van der Waals surface area contributed by atoms with Gasteiger partial charge in [-0.15, -0.1) is 0 Å². The van der Waals surface area contributed by atoms with Crippen molar-refractivity contribution in [3.05, 3.63) is 24.7 Å². The maximum absolute atomic E-state index is 10.9. The van der Waals surface area contributed by atoms with Gasteiger partial charge in [0.1, 0.15) is 6.61 Å². The van der Waals surface area contributed by atoms with Gasteiger partial charge in [0.15, 0.2) is 0 Å². The maximum Gasteiger partial charge on any atom is 0.302 e. The molecule has 0 fully saturated rings. The fourth-order valence-corrected chi connectivity index (χ4v) is 1.33. The van der Waals surface area contributed by atoms with Crippen molar-refractivity contribution in [3.8, 4) is 0 Å². The van der Waals surface area contributed by atoms with Gasteiger partial charge in [-0.2, -0.15) is 0 Å². The van der Waals surface area contributed by atoms with Crippen molar-refractivity contribution in [1.82, 2.24) is 0 Å². The SMILES string of the molecule is CC=COCC(CC)(COC=CC)COC(C)=O. The Balaban J connectivity index is 4.53. The maximum atomic E-state index is 10.9. The topological polar surface area (TPSA) is 44.8 Å². The van der Waals surface area contributed by atoms with Gasteiger partial charge in [0.05, 0.1) is 31.2 Å². The average Bonchev–Trinajstić information content (AvgIpc) is 2.36. The lowest BCUT2D eigenvalue weighted by atomic mass is 9.88. The zero-order valence-electron chi connectivity index (χ0n) is 11.8. The summed E-state index contributed by atoms with van der Waals surface area (Å²) < 4.78 is 16.0. The van der Waals surface area contributed by atoms with Crippen molar-refractivity contribution >= 4 is 5.97 Å². The minimum Gasteiger partial charge on any atom is -0.501 e. The van der Waals surface area contributed by atoms with Crippen LogP contribution in [0.15, 0.2) is 24.7 Å². The molecule has 0 aromatic heterocycles. The number of carbonyl (C=O) groups excluding carboxylic acids is 1. The third kappa shape index (κ3) is 6.99. The predicted octanol–water partition coefficient (Wildman–Crippen LogP) is 3.05. The van der Waals surface area contributed by atoms with Crippen molar-refractivity contribution in [2.24, 2.45) is 5.41 Å². The fraction of sp³-hybridized carbons (Fsp3) is 0.643. The molecule has 4 heteroatoms. The number of hydrogen-bond acceptors (Lipinski definition) is 4. The van der Waals surface area contributed by atoms with Gasteiger partial charge in [-0.25, -0.2) is 0 Å². The highest BCUT2D eigenvalue weighted by atomic mass is 16.5. The number of esters is 1. The third-order valence-electron chi connectivity index (χ3n) is 2.58. The van der Waals surface area contributed by atoms with E-state index in [1.165, 1.54) is 6.92 Å². The Kier molecular flexibility index (Phi) is 8.80. The highest BCUT2D eigenvalue weighted by Crippen LogP contribution is 2.24. The Bertz CT molecular complexity index is 266. The number of carbonyl (C=O) groups is 1. The van der Waals surface area contributed by atoms with Gasteiger partial charge in [-0.3, -0.25) is 4.79 Å². The second kappa shape index (κ2) is 9.57. The first-order valence-electron chi connectivity index (χ1n) is 6.19. The molecule has 0 heterocycles. The molecule has 0 aliphatic heterocycles. The van der Waals surface area contributed by atoms with Gasteiger partial charge >= 0.3 is 5.97 Å². The quantitative estimate of drug-likeness (QED) is 0.470. The van der Waals surface area contributed by atoms with Gasteiger partial charge in [-0.05, 0) is 20.3 Å². The van der Waals surface area contributed by atoms with E-state index in [2.05, 4.69) is 0 Å². The summed E-state index contributed by atoms with van der Waals surface area (Å²) in [6.45, 7) is 8.42. The van der Waals surface area contributed by atoms with Crippen LogP contribution in [0.4, 0.5) is 0 Å². The van der Waals surface area contributed by atoms with Crippen LogP contribution in [0.3, 0.4) is 0 Å². The van der Waals surface area contributed by atoms with Gasteiger partial charge in [0.2, 0.25) is 0 Å². The Morgan fingerprint density at radius 2 is 1.56 bits per heavy atom. The summed E-state index contributed by atoms with van der Waals surface area (Å²) in [5.74, 6) is -0.287. The first kappa shape index (κ1) is 16.6. The fourth-order valence-electron chi connectivity index (χ4n) is 1.33. The molecular formula is C14H24O4. The predicted molar refractivity (Wildman–Crippen MR) is 70.9 cm³/mol. The van der Waals surface area contributed by atoms with E-state index < -0.39 is 0 Å². The molecule has 4 nitrogen and oxygen atoms in total. The summed E-state index contributed by atoms with van der Waals surface area (Å²) in [6, 6.07) is 0. The molecule has 0 aromatic carbocycles. The molecule has 0 rings (SSSR count). The van der Waals surface area contributed by atoms with Crippen LogP contribution in [-0.2, 0) is 19.0 Å². The van der Waals surface area contributed by atoms with Crippen LogP contribution >= 0.6 is 0 Å². The van der Waals surface area contributed by atoms with Crippen molar-refractivity contribution in [1.29, 1.82) is 0 Å². The number of allylic oxidation sites excluding steroid dienone is 2. The molecule has 0 saturated heterocycles. The minimum atomic E-state index is -0.315. The van der Waals surface area contributed by atoms with Crippen molar-refractivity contribution in [2.75, 3.05) is 19.8 Å². The first-order valence-corrected chi connectivity index (χ1v) is 6.19. The van der Waals surface area contributed by atoms with E-state index in [-0.39, 0.29) is 11.4 Å². The van der Waals surface area contributed by atoms with E-state index in [0.29, 0.717) is 19.8 Å². The van der Waals surface area contributed by atoms with Gasteiger partial charge in [0.25, 0.3) is 0 Å². The molecule has 0 aromatic rings. The average molecular weight is 256 g/mol. The highest BCUT2D eigenvalue weighted by Gasteiger charge is 2.31. The van der Waals surface area contributed by atoms with Crippen LogP contribution < -0.4 is 0 Å². The summed E-state index contributed by atoms with van der Waals surface area (Å²) >= 11 is 0. The second-order valence-corrected chi connectivity index (χ2v) is 4.19. The summed E-state index contributed by atoms with van der Waals surface area (Å²) in [5, 5.41) is 0. The third-order valence-corrected chi connectivity index (χ3v) is 2.58. The van der Waals surface area contributed by atoms with Crippen molar-refractivity contribution < 1.29 is 19.0 Å². The van der Waals surface area contributed by atoms with E-state index in [0.717, 1.165) is 6.42 Å². The van der Waals surface area contributed by atoms with Crippen LogP contribution in [-0.4, -0.2) is 25.8 Å². The van der Waals surface area contributed by atoms with E-state index >= 15 is 0 Å². The molecule has 0 amide bonds. The standard InChI is InChI=1S/C14H24O4/c1-5-8-16-10-14(7-3,11-17-9-6-2)12-18-13(4)15/h5-6,8-9H,7,10-12H2,1-4H3. The monoisotopic (exact) mass is 256 g/mol. The molecule has 104 valence electrons. The Labute approximate surface area is 110 Å². The summed E-state index contributed by atoms with van der Waals surface area (Å²) in [5.41, 5.74) is -0.315. The van der Waals surface area contributed by atoms with Crippen molar-refractivity contribution in [3.63, 3.8) is 0 Å². The van der Waals surface area contributed by atoms with Gasteiger partial charge < -0.3 is 14.2 Å². The summed E-state index contributed by atoms with van der Waals surface area (Å²) in [4.78, 5) is 10.9. The molecule has 0 atom stereocenters. The van der Waals surface area contributed by atoms with Crippen molar-refractivity contribution in [2.45, 2.75) is 34.1 Å². The molecule has 0 unspecified atom stereocenters. The smallest absolute Gasteiger partial charge is 0.302 e. The molecule has 0 aliphatic rings. The van der Waals surface area contributed by atoms with E-state index in [1.807, 2.05) is 32.9 Å². The second-order valence-electron chi connectivity index (χ2n) is 4.19. The van der Waals surface area contributed by atoms with E-state index in [4.69, 9.17) is 14.2 Å². The lowest BCUT2D eigenvalue weighted by Gasteiger charge is -2.30. The van der Waals surface area contributed by atoms with Crippen LogP contribution in [0, 0.1) is 5.41 Å². The first-order chi connectivity index (χ1) is 8.60. The van der Waals surface area contributed by atoms with E-state index in [1.54, 1.807) is 12.5 Å². The zero-order valence-corrected chi connectivity index (χ0v) is 11.8. The molecule has 18 heavy (non-hydrogen) atoms. The molecular weight excluding hydrogens is 232 g/mol. The minimum absolute atomic E-state index is 0.287. The largest absolute Gasteiger partial charge is 0.501 e. The molecule has 0 saturated carbocycles. The number of rotatable bonds is 9. The molecule has 0 spiro atoms. The van der Waals surface area contributed by atoms with E-state index in [9.17, 15) is 4.79 Å². The Morgan fingerprint density at radius 1 is 1.06 bits per heavy atom.